The number of nitrogens with one attached hydrogen (secondary N) is 2. The van der Waals surface area contributed by atoms with Crippen molar-refractivity contribution in [3.05, 3.63) is 83.2 Å². The van der Waals surface area contributed by atoms with Crippen LogP contribution in [0.25, 0.3) is 5.69 Å². The van der Waals surface area contributed by atoms with Gasteiger partial charge in [-0.05, 0) is 49.7 Å². The standard InChI is InChI=1S/C24H26N4O3/c1-17-13-20(18(2)28(17)21-9-11-22(31-3)12-10-21)16-26-27-24(30)14-23(29)25-15-19-7-5-4-6-8-19/h4-13,16H,14-15H2,1-3H3,(H,25,29)(H,27,30)/b26-16+. The SMILES string of the molecule is COc1ccc(-n2c(C)cc(/C=N/NC(=O)CC(=O)NCc3ccccc3)c2C)cc1. The Kier molecular flexibility index (Phi) is 7.22. The van der Waals surface area contributed by atoms with Crippen molar-refractivity contribution in [2.24, 2.45) is 5.10 Å². The summed E-state index contributed by atoms with van der Waals surface area (Å²) in [6.45, 7) is 4.37. The Bertz CT molecular complexity index is 1070. The molecule has 0 radical (unpaired) electrons. The molecule has 0 aliphatic rings. The van der Waals surface area contributed by atoms with Gasteiger partial charge in [0.1, 0.15) is 12.2 Å². The Morgan fingerprint density at radius 3 is 2.42 bits per heavy atom. The molecule has 0 unspecified atom stereocenters. The number of nitrogens with zero attached hydrogens (tertiary/aromatic N) is 2. The smallest absolute Gasteiger partial charge is 0.249 e. The molecule has 0 atom stereocenters. The molecule has 7 heteroatoms. The van der Waals surface area contributed by atoms with E-state index >= 15 is 0 Å². The van der Waals surface area contributed by atoms with E-state index in [4.69, 9.17) is 4.74 Å². The molecule has 2 N–H and O–H groups in total. The van der Waals surface area contributed by atoms with Gasteiger partial charge in [-0.2, -0.15) is 5.10 Å². The number of hydrazone groups is 1. The second kappa shape index (κ2) is 10.2. The van der Waals surface area contributed by atoms with Gasteiger partial charge in [0.05, 0.1) is 13.3 Å². The second-order valence-electron chi connectivity index (χ2n) is 7.09. The first kappa shape index (κ1) is 21.8. The van der Waals surface area contributed by atoms with Gasteiger partial charge in [-0.15, -0.1) is 0 Å². The molecule has 31 heavy (non-hydrogen) atoms. The van der Waals surface area contributed by atoms with E-state index in [0.717, 1.165) is 34.0 Å². The van der Waals surface area contributed by atoms with Crippen LogP contribution in [0.15, 0.2) is 65.8 Å². The third kappa shape index (κ3) is 5.82. The third-order valence-corrected chi connectivity index (χ3v) is 4.85. The van der Waals surface area contributed by atoms with Gasteiger partial charge in [-0.3, -0.25) is 9.59 Å². The fourth-order valence-electron chi connectivity index (χ4n) is 3.27. The van der Waals surface area contributed by atoms with Crippen LogP contribution in [0, 0.1) is 13.8 Å². The lowest BCUT2D eigenvalue weighted by Gasteiger charge is -2.10. The Balaban J connectivity index is 1.55. The van der Waals surface area contributed by atoms with Crippen molar-refractivity contribution < 1.29 is 14.3 Å². The molecular weight excluding hydrogens is 392 g/mol. The first-order chi connectivity index (χ1) is 15.0. The summed E-state index contributed by atoms with van der Waals surface area (Å²) in [5, 5.41) is 6.73. The Hall–Kier alpha value is -3.87. The summed E-state index contributed by atoms with van der Waals surface area (Å²) in [6.07, 6.45) is 1.30. The molecule has 2 amide bonds. The third-order valence-electron chi connectivity index (χ3n) is 4.85. The minimum absolute atomic E-state index is 0.283. The van der Waals surface area contributed by atoms with Crippen molar-refractivity contribution in [3.63, 3.8) is 0 Å². The van der Waals surface area contributed by atoms with Gasteiger partial charge in [0.15, 0.2) is 0 Å². The summed E-state index contributed by atoms with van der Waals surface area (Å²) in [7, 11) is 1.64. The summed E-state index contributed by atoms with van der Waals surface area (Å²) in [5.74, 6) is -0.0245. The predicted octanol–water partition coefficient (Wildman–Crippen LogP) is 3.26. The molecule has 0 aliphatic heterocycles. The van der Waals surface area contributed by atoms with Crippen LogP contribution in [-0.2, 0) is 16.1 Å². The molecule has 1 heterocycles. The molecule has 0 fully saturated rings. The monoisotopic (exact) mass is 418 g/mol. The average Bonchev–Trinajstić information content (AvgIpc) is 3.06. The first-order valence-corrected chi connectivity index (χ1v) is 9.94. The Morgan fingerprint density at radius 2 is 1.74 bits per heavy atom. The highest BCUT2D eigenvalue weighted by Crippen LogP contribution is 2.21. The van der Waals surface area contributed by atoms with Gasteiger partial charge in [0.25, 0.3) is 0 Å². The zero-order chi connectivity index (χ0) is 22.2. The highest BCUT2D eigenvalue weighted by molar-refractivity contribution is 5.97. The fourth-order valence-corrected chi connectivity index (χ4v) is 3.27. The van der Waals surface area contributed by atoms with E-state index in [9.17, 15) is 9.59 Å². The summed E-state index contributed by atoms with van der Waals surface area (Å²) >= 11 is 0. The maximum absolute atomic E-state index is 12.0. The van der Waals surface area contributed by atoms with E-state index in [2.05, 4.69) is 20.4 Å². The molecular formula is C24H26N4O3. The van der Waals surface area contributed by atoms with Crippen LogP contribution < -0.4 is 15.5 Å². The van der Waals surface area contributed by atoms with Crippen molar-refractivity contribution in [3.8, 4) is 11.4 Å². The minimum Gasteiger partial charge on any atom is -0.497 e. The molecule has 0 aliphatic carbocycles. The zero-order valence-electron chi connectivity index (χ0n) is 17.9. The number of benzene rings is 2. The largest absolute Gasteiger partial charge is 0.497 e. The van der Waals surface area contributed by atoms with Crippen LogP contribution in [-0.4, -0.2) is 29.7 Å². The Labute approximate surface area is 181 Å². The van der Waals surface area contributed by atoms with E-state index in [-0.39, 0.29) is 12.3 Å². The van der Waals surface area contributed by atoms with Crippen molar-refractivity contribution in [1.82, 2.24) is 15.3 Å². The number of aryl methyl sites for hydroxylation is 1. The quantitative estimate of drug-likeness (QED) is 0.335. The van der Waals surface area contributed by atoms with Crippen molar-refractivity contribution in [2.45, 2.75) is 26.8 Å². The van der Waals surface area contributed by atoms with Crippen LogP contribution in [0.3, 0.4) is 0 Å². The molecule has 0 bridgehead atoms. The van der Waals surface area contributed by atoms with E-state index in [0.29, 0.717) is 6.54 Å². The summed E-state index contributed by atoms with van der Waals surface area (Å²) < 4.78 is 7.31. The number of ether oxygens (including phenoxy) is 1. The topological polar surface area (TPSA) is 84.7 Å². The predicted molar refractivity (Wildman–Crippen MR) is 120 cm³/mol. The number of carbonyl (C=O) groups is 2. The molecule has 0 saturated carbocycles. The van der Waals surface area contributed by atoms with Crippen LogP contribution >= 0.6 is 0 Å². The van der Waals surface area contributed by atoms with Crippen LogP contribution in [0.1, 0.15) is 28.9 Å². The molecule has 2 aromatic carbocycles. The Morgan fingerprint density at radius 1 is 1.03 bits per heavy atom. The molecule has 3 rings (SSSR count). The van der Waals surface area contributed by atoms with Crippen LogP contribution in [0.4, 0.5) is 0 Å². The zero-order valence-corrected chi connectivity index (χ0v) is 17.9. The summed E-state index contributed by atoms with van der Waals surface area (Å²) in [5.41, 5.74) is 7.30. The lowest BCUT2D eigenvalue weighted by atomic mass is 10.2. The van der Waals surface area contributed by atoms with Crippen molar-refractivity contribution in [1.29, 1.82) is 0 Å². The van der Waals surface area contributed by atoms with Gasteiger partial charge in [-0.25, -0.2) is 5.43 Å². The van der Waals surface area contributed by atoms with E-state index in [1.54, 1.807) is 13.3 Å². The lowest BCUT2D eigenvalue weighted by molar-refractivity contribution is -0.129. The number of carbonyl (C=O) groups excluding carboxylic acids is 2. The number of hydrogen-bond acceptors (Lipinski definition) is 4. The van der Waals surface area contributed by atoms with Gasteiger partial charge in [-0.1, -0.05) is 30.3 Å². The normalized spacial score (nSPS) is 10.8. The average molecular weight is 418 g/mol. The molecule has 0 spiro atoms. The number of rotatable bonds is 8. The molecule has 0 saturated heterocycles. The van der Waals surface area contributed by atoms with Gasteiger partial charge < -0.3 is 14.6 Å². The van der Waals surface area contributed by atoms with Crippen molar-refractivity contribution in [2.75, 3.05) is 7.11 Å². The van der Waals surface area contributed by atoms with Crippen LogP contribution in [0.5, 0.6) is 5.75 Å². The number of aromatic nitrogens is 1. The summed E-state index contributed by atoms with van der Waals surface area (Å²) in [4.78, 5) is 23.9. The maximum Gasteiger partial charge on any atom is 0.249 e. The van der Waals surface area contributed by atoms with Gasteiger partial charge >= 0.3 is 0 Å². The van der Waals surface area contributed by atoms with Gasteiger partial charge in [0, 0.05) is 29.2 Å². The lowest BCUT2D eigenvalue weighted by Crippen LogP contribution is -2.29. The number of amides is 2. The molecule has 1 aromatic heterocycles. The van der Waals surface area contributed by atoms with E-state index in [1.807, 2.05) is 74.5 Å². The van der Waals surface area contributed by atoms with Crippen LogP contribution in [0.2, 0.25) is 0 Å². The second-order valence-corrected chi connectivity index (χ2v) is 7.09. The molecule has 160 valence electrons. The molecule has 3 aromatic rings. The minimum atomic E-state index is -0.467. The van der Waals surface area contributed by atoms with E-state index < -0.39 is 5.91 Å². The molecule has 7 nitrogen and oxygen atoms in total. The summed E-state index contributed by atoms with van der Waals surface area (Å²) in [6, 6.07) is 19.3. The number of hydrogen-bond donors (Lipinski definition) is 2. The fraction of sp³-hybridized carbons (Fsp3) is 0.208. The maximum atomic E-state index is 12.0. The van der Waals surface area contributed by atoms with Crippen molar-refractivity contribution >= 4 is 18.0 Å². The van der Waals surface area contributed by atoms with E-state index in [1.165, 1.54) is 0 Å². The number of methoxy groups -OCH3 is 1. The van der Waals surface area contributed by atoms with Gasteiger partial charge in [0.2, 0.25) is 11.8 Å². The highest BCUT2D eigenvalue weighted by Gasteiger charge is 2.11. The first-order valence-electron chi connectivity index (χ1n) is 9.94. The highest BCUT2D eigenvalue weighted by atomic mass is 16.5.